The molecule has 154 valence electrons. The van der Waals surface area contributed by atoms with E-state index in [0.717, 1.165) is 16.8 Å². The lowest BCUT2D eigenvalue weighted by Gasteiger charge is -2.08. The number of aromatic nitrogens is 4. The Morgan fingerprint density at radius 1 is 1.20 bits per heavy atom. The molecule has 1 aromatic carbocycles. The van der Waals surface area contributed by atoms with Gasteiger partial charge in [-0.2, -0.15) is 4.98 Å². The molecule has 4 rings (SSSR count). The van der Waals surface area contributed by atoms with Crippen molar-refractivity contribution in [2.75, 3.05) is 5.32 Å². The molecule has 0 spiro atoms. The standard InChI is InChI=1S/C20H19N5O4S/c1-12-5-6-13(2)14(10-12)21-17(26)7-8-18-22-16(25-29-18)11-30-20-24-23-19(28-20)15-4-3-9-27-15/h3-6,9-10H,7-8,11H2,1-2H3,(H,21,26). The van der Waals surface area contributed by atoms with E-state index in [1.807, 2.05) is 32.0 Å². The van der Waals surface area contributed by atoms with Crippen LogP contribution in [0.1, 0.15) is 29.3 Å². The van der Waals surface area contributed by atoms with Crippen LogP contribution in [0, 0.1) is 13.8 Å². The van der Waals surface area contributed by atoms with Crippen LogP contribution in [0.4, 0.5) is 5.69 Å². The maximum absolute atomic E-state index is 12.2. The summed E-state index contributed by atoms with van der Waals surface area (Å²) in [4.78, 5) is 16.5. The molecule has 10 heteroatoms. The number of hydrogen-bond acceptors (Lipinski definition) is 9. The molecule has 4 aromatic rings. The molecule has 30 heavy (non-hydrogen) atoms. The van der Waals surface area contributed by atoms with Gasteiger partial charge in [-0.1, -0.05) is 29.1 Å². The summed E-state index contributed by atoms with van der Waals surface area (Å²) in [5.74, 6) is 2.01. The zero-order valence-corrected chi connectivity index (χ0v) is 17.2. The quantitative estimate of drug-likeness (QED) is 0.414. The van der Waals surface area contributed by atoms with Gasteiger partial charge in [0.1, 0.15) is 0 Å². The Labute approximate surface area is 176 Å². The summed E-state index contributed by atoms with van der Waals surface area (Å²) >= 11 is 1.29. The Hall–Kier alpha value is -3.40. The number of nitrogens with zero attached hydrogens (tertiary/aromatic N) is 4. The van der Waals surface area contributed by atoms with Crippen LogP contribution in [0.15, 0.2) is 55.2 Å². The van der Waals surface area contributed by atoms with E-state index < -0.39 is 0 Å². The maximum Gasteiger partial charge on any atom is 0.284 e. The van der Waals surface area contributed by atoms with Gasteiger partial charge >= 0.3 is 0 Å². The number of carbonyl (C=O) groups is 1. The van der Waals surface area contributed by atoms with E-state index in [1.165, 1.54) is 18.0 Å². The van der Waals surface area contributed by atoms with E-state index >= 15 is 0 Å². The number of rotatable bonds is 8. The molecule has 0 radical (unpaired) electrons. The third-order valence-corrected chi connectivity index (χ3v) is 5.02. The van der Waals surface area contributed by atoms with Crippen LogP contribution in [0.2, 0.25) is 0 Å². The molecule has 1 amide bonds. The van der Waals surface area contributed by atoms with Gasteiger partial charge in [0.05, 0.1) is 12.0 Å². The van der Waals surface area contributed by atoms with Crippen molar-refractivity contribution in [2.45, 2.75) is 37.7 Å². The van der Waals surface area contributed by atoms with Crippen molar-refractivity contribution in [1.29, 1.82) is 0 Å². The third kappa shape index (κ3) is 4.95. The molecule has 0 saturated carbocycles. The fraction of sp³-hybridized carbons (Fsp3) is 0.250. The highest BCUT2D eigenvalue weighted by atomic mass is 32.2. The van der Waals surface area contributed by atoms with Gasteiger partial charge in [-0.05, 0) is 43.2 Å². The first-order chi connectivity index (χ1) is 14.6. The minimum atomic E-state index is -0.103. The van der Waals surface area contributed by atoms with Crippen molar-refractivity contribution < 1.29 is 18.2 Å². The highest BCUT2D eigenvalue weighted by Crippen LogP contribution is 2.25. The molecule has 3 heterocycles. The SMILES string of the molecule is Cc1ccc(C)c(NC(=O)CCc2nc(CSc3nnc(-c4ccco4)o3)no2)c1. The molecule has 0 atom stereocenters. The number of amides is 1. The van der Waals surface area contributed by atoms with Gasteiger partial charge in [0.2, 0.25) is 11.8 Å². The maximum atomic E-state index is 12.2. The van der Waals surface area contributed by atoms with Crippen LogP contribution >= 0.6 is 11.8 Å². The van der Waals surface area contributed by atoms with Crippen LogP contribution in [0.3, 0.4) is 0 Å². The van der Waals surface area contributed by atoms with Gasteiger partial charge in [-0.3, -0.25) is 4.79 Å². The van der Waals surface area contributed by atoms with Crippen LogP contribution in [0.25, 0.3) is 11.7 Å². The number of furan rings is 1. The number of aryl methyl sites for hydroxylation is 3. The van der Waals surface area contributed by atoms with Crippen molar-refractivity contribution in [1.82, 2.24) is 20.3 Å². The number of carbonyl (C=O) groups excluding carboxylic acids is 1. The molecule has 0 fully saturated rings. The van der Waals surface area contributed by atoms with E-state index in [0.29, 0.717) is 40.8 Å². The smallest absolute Gasteiger partial charge is 0.284 e. The molecule has 1 N–H and O–H groups in total. The Balaban J connectivity index is 1.26. The lowest BCUT2D eigenvalue weighted by molar-refractivity contribution is -0.116. The molecule has 0 aliphatic carbocycles. The molecule has 3 aromatic heterocycles. The van der Waals surface area contributed by atoms with Gasteiger partial charge < -0.3 is 18.7 Å². The predicted molar refractivity (Wildman–Crippen MR) is 109 cm³/mol. The normalized spacial score (nSPS) is 11.0. The number of hydrogen-bond donors (Lipinski definition) is 1. The average molecular weight is 425 g/mol. The van der Waals surface area contributed by atoms with Crippen LogP contribution in [-0.4, -0.2) is 26.2 Å². The minimum absolute atomic E-state index is 0.103. The van der Waals surface area contributed by atoms with Crippen molar-refractivity contribution in [3.05, 3.63) is 59.4 Å². The van der Waals surface area contributed by atoms with E-state index in [9.17, 15) is 4.79 Å². The highest BCUT2D eigenvalue weighted by molar-refractivity contribution is 7.98. The van der Waals surface area contributed by atoms with E-state index in [2.05, 4.69) is 25.7 Å². The lowest BCUT2D eigenvalue weighted by atomic mass is 10.1. The second kappa shape index (κ2) is 8.95. The van der Waals surface area contributed by atoms with Gasteiger partial charge in [0.25, 0.3) is 11.1 Å². The lowest BCUT2D eigenvalue weighted by Crippen LogP contribution is -2.13. The van der Waals surface area contributed by atoms with E-state index in [4.69, 9.17) is 13.4 Å². The van der Waals surface area contributed by atoms with Gasteiger partial charge in [0.15, 0.2) is 11.6 Å². The molecule has 0 unspecified atom stereocenters. The predicted octanol–water partition coefficient (Wildman–Crippen LogP) is 4.19. The summed E-state index contributed by atoms with van der Waals surface area (Å²) < 4.78 is 16.0. The summed E-state index contributed by atoms with van der Waals surface area (Å²) in [5.41, 5.74) is 2.92. The third-order valence-electron chi connectivity index (χ3n) is 4.21. The zero-order chi connectivity index (χ0) is 20.9. The second-order valence-corrected chi connectivity index (χ2v) is 7.54. The number of thioether (sulfide) groups is 1. The first kappa shape index (κ1) is 19.9. The second-order valence-electron chi connectivity index (χ2n) is 6.61. The van der Waals surface area contributed by atoms with Crippen molar-refractivity contribution >= 4 is 23.4 Å². The molecular weight excluding hydrogens is 406 g/mol. The van der Waals surface area contributed by atoms with E-state index in [-0.39, 0.29) is 12.3 Å². The molecule has 0 bridgehead atoms. The van der Waals surface area contributed by atoms with Crippen LogP contribution in [0.5, 0.6) is 0 Å². The molecular formula is C20H19N5O4S. The Morgan fingerprint density at radius 3 is 2.93 bits per heavy atom. The zero-order valence-electron chi connectivity index (χ0n) is 16.4. The summed E-state index contributed by atoms with van der Waals surface area (Å²) in [6, 6.07) is 9.42. The summed E-state index contributed by atoms with van der Waals surface area (Å²) in [6.45, 7) is 3.94. The molecule has 0 saturated heterocycles. The fourth-order valence-electron chi connectivity index (χ4n) is 2.65. The summed E-state index contributed by atoms with van der Waals surface area (Å²) in [7, 11) is 0. The number of anilines is 1. The van der Waals surface area contributed by atoms with Crippen molar-refractivity contribution in [2.24, 2.45) is 0 Å². The molecule has 0 aliphatic heterocycles. The summed E-state index contributed by atoms with van der Waals surface area (Å²) in [5, 5.41) is 15.1. The highest BCUT2D eigenvalue weighted by Gasteiger charge is 2.14. The van der Waals surface area contributed by atoms with Crippen molar-refractivity contribution in [3.63, 3.8) is 0 Å². The number of benzene rings is 1. The molecule has 0 aliphatic rings. The minimum Gasteiger partial charge on any atom is -0.459 e. The monoisotopic (exact) mass is 425 g/mol. The Morgan fingerprint density at radius 2 is 2.10 bits per heavy atom. The van der Waals surface area contributed by atoms with Crippen molar-refractivity contribution in [3.8, 4) is 11.7 Å². The van der Waals surface area contributed by atoms with Gasteiger partial charge in [-0.25, -0.2) is 0 Å². The summed E-state index contributed by atoms with van der Waals surface area (Å²) in [6.07, 6.45) is 2.14. The van der Waals surface area contributed by atoms with Gasteiger partial charge in [-0.15, -0.1) is 10.2 Å². The van der Waals surface area contributed by atoms with Crippen LogP contribution in [-0.2, 0) is 17.0 Å². The fourth-order valence-corrected chi connectivity index (χ4v) is 3.25. The van der Waals surface area contributed by atoms with Crippen LogP contribution < -0.4 is 5.32 Å². The van der Waals surface area contributed by atoms with Gasteiger partial charge in [0, 0.05) is 18.5 Å². The Kier molecular flexibility index (Phi) is 5.94. The number of nitrogens with one attached hydrogen (secondary N) is 1. The van der Waals surface area contributed by atoms with E-state index in [1.54, 1.807) is 12.1 Å². The largest absolute Gasteiger partial charge is 0.459 e. The topological polar surface area (TPSA) is 120 Å². The Bertz CT molecular complexity index is 1140. The molecule has 9 nitrogen and oxygen atoms in total. The first-order valence-electron chi connectivity index (χ1n) is 9.25. The first-order valence-corrected chi connectivity index (χ1v) is 10.2. The average Bonchev–Trinajstić information content (AvgIpc) is 3.49.